The number of hydroxylamine groups is 1. The van der Waals surface area contributed by atoms with E-state index < -0.39 is 18.3 Å². The number of hydrogen-bond acceptors (Lipinski definition) is 6. The highest BCUT2D eigenvalue weighted by Gasteiger charge is 2.17. The molecular weight excluding hydrogens is 506 g/mol. The molecule has 1 saturated heterocycles. The van der Waals surface area contributed by atoms with Gasteiger partial charge in [0.05, 0.1) is 5.56 Å². The van der Waals surface area contributed by atoms with E-state index in [0.29, 0.717) is 24.5 Å². The molecule has 0 radical (unpaired) electrons. The van der Waals surface area contributed by atoms with E-state index in [1.165, 1.54) is 70.4 Å². The van der Waals surface area contributed by atoms with Gasteiger partial charge in [-0.3, -0.25) is 9.78 Å². The first-order valence-corrected chi connectivity index (χ1v) is 15.2. The van der Waals surface area contributed by atoms with Crippen molar-refractivity contribution in [3.8, 4) is 16.9 Å². The summed E-state index contributed by atoms with van der Waals surface area (Å²) in [7, 11) is 0. The summed E-state index contributed by atoms with van der Waals surface area (Å²) < 4.78 is 11.0. The predicted molar refractivity (Wildman–Crippen MR) is 157 cm³/mol. The van der Waals surface area contributed by atoms with E-state index in [1.807, 2.05) is 6.07 Å². The van der Waals surface area contributed by atoms with Gasteiger partial charge in [-0.15, -0.1) is 0 Å². The molecule has 0 saturated carbocycles. The quantitative estimate of drug-likeness (QED) is 0.145. The molecule has 1 atom stereocenters. The van der Waals surface area contributed by atoms with Crippen LogP contribution in [0.2, 0.25) is 0 Å². The van der Waals surface area contributed by atoms with Gasteiger partial charge in [0.15, 0.2) is 6.29 Å². The fraction of sp³-hybridized carbons (Fsp3) is 0.594. The van der Waals surface area contributed by atoms with Gasteiger partial charge in [0.1, 0.15) is 5.75 Å². The third-order valence-corrected chi connectivity index (χ3v) is 7.10. The summed E-state index contributed by atoms with van der Waals surface area (Å²) in [5.74, 6) is 0.0328. The number of ether oxygens (including phenoxy) is 2. The Balaban J connectivity index is 1.32. The van der Waals surface area contributed by atoms with Crippen LogP contribution in [-0.2, 0) is 9.57 Å². The van der Waals surface area contributed by atoms with Crippen molar-refractivity contribution in [1.82, 2.24) is 15.8 Å². The van der Waals surface area contributed by atoms with Crippen LogP contribution in [0.25, 0.3) is 11.1 Å². The van der Waals surface area contributed by atoms with E-state index in [2.05, 4.69) is 22.7 Å². The van der Waals surface area contributed by atoms with Crippen LogP contribution in [0.4, 0.5) is 4.79 Å². The number of carbonyl (C=O) groups is 2. The van der Waals surface area contributed by atoms with Gasteiger partial charge in [-0.2, -0.15) is 0 Å². The topological polar surface area (TPSA) is 98.8 Å². The zero-order valence-corrected chi connectivity index (χ0v) is 24.1. The standard InChI is InChI=1S/C32H47N3O5/c1-2-3-4-5-6-7-8-9-10-11-12-14-20-34-32(37)39-29-18-16-17-26(23-29)27-22-28(25-33-24-27)31(36)35-40-30-19-13-15-21-38-30/h16-18,22-25,30H,2-15,19-21H2,1H3,(H,34,37)(H,35,36). The molecule has 220 valence electrons. The van der Waals surface area contributed by atoms with Crippen LogP contribution in [0.5, 0.6) is 5.75 Å². The second kappa shape index (κ2) is 19.2. The number of unbranched alkanes of at least 4 members (excludes halogenated alkanes) is 11. The summed E-state index contributed by atoms with van der Waals surface area (Å²) in [5.41, 5.74) is 4.32. The molecule has 1 aromatic heterocycles. The van der Waals surface area contributed by atoms with E-state index in [9.17, 15) is 9.59 Å². The summed E-state index contributed by atoms with van der Waals surface area (Å²) in [4.78, 5) is 34.4. The lowest BCUT2D eigenvalue weighted by molar-refractivity contribution is -0.186. The highest BCUT2D eigenvalue weighted by atomic mass is 16.8. The number of amides is 2. The number of aromatic nitrogens is 1. The SMILES string of the molecule is CCCCCCCCCCCCCCNC(=O)Oc1cccc(-c2cncc(C(=O)NOC3CCCCO3)c2)c1. The summed E-state index contributed by atoms with van der Waals surface area (Å²) in [6.07, 6.45) is 20.4. The van der Waals surface area contributed by atoms with Gasteiger partial charge >= 0.3 is 6.09 Å². The van der Waals surface area contributed by atoms with Gasteiger partial charge in [-0.05, 0) is 43.0 Å². The highest BCUT2D eigenvalue weighted by molar-refractivity contribution is 5.94. The maximum Gasteiger partial charge on any atom is 0.412 e. The average Bonchev–Trinajstić information content (AvgIpc) is 2.99. The lowest BCUT2D eigenvalue weighted by atomic mass is 10.1. The Hall–Kier alpha value is -2.97. The molecule has 2 heterocycles. The molecule has 0 spiro atoms. The van der Waals surface area contributed by atoms with Gasteiger partial charge in [0, 0.05) is 37.5 Å². The van der Waals surface area contributed by atoms with Gasteiger partial charge in [-0.1, -0.05) is 89.7 Å². The third kappa shape index (κ3) is 12.5. The normalized spacial score (nSPS) is 15.0. The molecule has 1 fully saturated rings. The Morgan fingerprint density at radius 1 is 0.900 bits per heavy atom. The lowest BCUT2D eigenvalue weighted by Gasteiger charge is -2.22. The van der Waals surface area contributed by atoms with Crippen LogP contribution in [0.15, 0.2) is 42.7 Å². The van der Waals surface area contributed by atoms with E-state index in [0.717, 1.165) is 43.2 Å². The number of hydrogen-bond donors (Lipinski definition) is 2. The zero-order chi connectivity index (χ0) is 28.3. The van der Waals surface area contributed by atoms with Crippen molar-refractivity contribution in [3.63, 3.8) is 0 Å². The third-order valence-electron chi connectivity index (χ3n) is 7.10. The summed E-state index contributed by atoms with van der Waals surface area (Å²) in [6.45, 7) is 3.49. The predicted octanol–water partition coefficient (Wildman–Crippen LogP) is 7.73. The minimum Gasteiger partial charge on any atom is -0.410 e. The van der Waals surface area contributed by atoms with E-state index in [-0.39, 0.29) is 0 Å². The number of nitrogens with one attached hydrogen (secondary N) is 2. The molecule has 2 N–H and O–H groups in total. The second-order valence-electron chi connectivity index (χ2n) is 10.5. The number of rotatable bonds is 18. The monoisotopic (exact) mass is 553 g/mol. The van der Waals surface area contributed by atoms with E-state index >= 15 is 0 Å². The molecule has 8 nitrogen and oxygen atoms in total. The van der Waals surface area contributed by atoms with Crippen molar-refractivity contribution in [2.24, 2.45) is 0 Å². The van der Waals surface area contributed by atoms with Crippen molar-refractivity contribution in [1.29, 1.82) is 0 Å². The van der Waals surface area contributed by atoms with Crippen molar-refractivity contribution in [2.75, 3.05) is 13.2 Å². The van der Waals surface area contributed by atoms with E-state index in [1.54, 1.807) is 30.5 Å². The minimum absolute atomic E-state index is 0.361. The zero-order valence-electron chi connectivity index (χ0n) is 24.1. The molecule has 8 heteroatoms. The molecule has 1 unspecified atom stereocenters. The minimum atomic E-state index is -0.464. The Bertz CT molecular complexity index is 1010. The van der Waals surface area contributed by atoms with Crippen LogP contribution in [0.3, 0.4) is 0 Å². The number of benzene rings is 1. The maximum absolute atomic E-state index is 12.5. The molecule has 2 amide bonds. The Labute approximate surface area is 239 Å². The summed E-state index contributed by atoms with van der Waals surface area (Å²) in [5, 5.41) is 2.84. The van der Waals surface area contributed by atoms with Crippen LogP contribution in [0.1, 0.15) is 114 Å². The first-order valence-electron chi connectivity index (χ1n) is 15.2. The molecule has 0 bridgehead atoms. The lowest BCUT2D eigenvalue weighted by Crippen LogP contribution is -2.33. The van der Waals surface area contributed by atoms with Crippen LogP contribution in [0, 0.1) is 0 Å². The van der Waals surface area contributed by atoms with Gasteiger partial charge in [0.25, 0.3) is 5.91 Å². The molecule has 3 rings (SSSR count). The number of nitrogens with zero attached hydrogens (tertiary/aromatic N) is 1. The molecule has 1 aliphatic rings. The second-order valence-corrected chi connectivity index (χ2v) is 10.5. The van der Waals surface area contributed by atoms with Gasteiger partial charge < -0.3 is 14.8 Å². The smallest absolute Gasteiger partial charge is 0.410 e. The molecule has 0 aliphatic carbocycles. The molecular formula is C32H47N3O5. The number of carbonyl (C=O) groups excluding carboxylic acids is 2. The van der Waals surface area contributed by atoms with Crippen molar-refractivity contribution in [3.05, 3.63) is 48.3 Å². The molecule has 1 aliphatic heterocycles. The molecule has 2 aromatic rings. The van der Waals surface area contributed by atoms with Gasteiger partial charge in [-0.25, -0.2) is 15.1 Å². The summed E-state index contributed by atoms with van der Waals surface area (Å²) in [6, 6.07) is 8.89. The number of pyridine rings is 1. The molecule has 40 heavy (non-hydrogen) atoms. The fourth-order valence-corrected chi connectivity index (χ4v) is 4.74. The maximum atomic E-state index is 12.5. The Morgan fingerprint density at radius 3 is 2.33 bits per heavy atom. The van der Waals surface area contributed by atoms with Crippen molar-refractivity contribution in [2.45, 2.75) is 110 Å². The van der Waals surface area contributed by atoms with Gasteiger partial charge in [0.2, 0.25) is 0 Å². The van der Waals surface area contributed by atoms with Crippen LogP contribution in [-0.4, -0.2) is 36.4 Å². The van der Waals surface area contributed by atoms with Crippen molar-refractivity contribution < 1.29 is 23.9 Å². The molecule has 1 aromatic carbocycles. The first-order chi connectivity index (χ1) is 19.7. The Morgan fingerprint density at radius 2 is 1.62 bits per heavy atom. The highest BCUT2D eigenvalue weighted by Crippen LogP contribution is 2.24. The first kappa shape index (κ1) is 31.6. The average molecular weight is 554 g/mol. The fourth-order valence-electron chi connectivity index (χ4n) is 4.74. The summed E-state index contributed by atoms with van der Waals surface area (Å²) >= 11 is 0. The van der Waals surface area contributed by atoms with Crippen LogP contribution >= 0.6 is 0 Å². The van der Waals surface area contributed by atoms with E-state index in [4.69, 9.17) is 14.3 Å². The Kier molecular flexibility index (Phi) is 15.1. The van der Waals surface area contributed by atoms with Crippen molar-refractivity contribution >= 4 is 12.0 Å². The van der Waals surface area contributed by atoms with Crippen LogP contribution < -0.4 is 15.5 Å². The largest absolute Gasteiger partial charge is 0.412 e.